The van der Waals surface area contributed by atoms with Crippen LogP contribution in [0.4, 0.5) is 37.1 Å². The van der Waals surface area contributed by atoms with Gasteiger partial charge in [-0.2, -0.15) is 0 Å². The first-order valence-electron chi connectivity index (χ1n) is 12.3. The summed E-state index contributed by atoms with van der Waals surface area (Å²) in [5, 5.41) is 21.6. The number of amides is 4. The zero-order valence-electron chi connectivity index (χ0n) is 21.7. The Morgan fingerprint density at radius 3 is 1.69 bits per heavy atom. The van der Waals surface area contributed by atoms with Gasteiger partial charge >= 0.3 is 18.2 Å². The van der Waals surface area contributed by atoms with Crippen LogP contribution in [-0.2, 0) is 9.47 Å². The van der Waals surface area contributed by atoms with Gasteiger partial charge in [-0.15, -0.1) is 0 Å². The Balaban J connectivity index is 1.59. The van der Waals surface area contributed by atoms with E-state index in [1.54, 1.807) is 24.3 Å². The molecule has 4 aromatic rings. The number of benzene rings is 1. The highest BCUT2D eigenvalue weighted by atomic mass is 16.6. The molecule has 0 saturated carbocycles. The van der Waals surface area contributed by atoms with Crippen molar-refractivity contribution in [2.45, 2.75) is 12.1 Å². The smallest absolute Gasteiger partial charge is 0.412 e. The lowest BCUT2D eigenvalue weighted by Gasteiger charge is -2.28. The van der Waals surface area contributed by atoms with Crippen LogP contribution >= 0.6 is 0 Å². The van der Waals surface area contributed by atoms with Crippen LogP contribution in [0, 0.1) is 10.1 Å². The van der Waals surface area contributed by atoms with Crippen LogP contribution in [0.25, 0.3) is 0 Å². The molecule has 42 heavy (non-hydrogen) atoms. The van der Waals surface area contributed by atoms with Crippen molar-refractivity contribution in [1.29, 1.82) is 0 Å². The molecule has 0 fully saturated rings. The number of carbonyl (C=O) groups is 3. The SMILES string of the molecule is O=C(Nc1ccncc1)N[C@@H](COC(=O)Nc1ccncc1)[C@H](OC(=O)Nc1ccncc1)c1ccc([N+](=O)[O-])cc1. The van der Waals surface area contributed by atoms with Gasteiger partial charge in [0.2, 0.25) is 0 Å². The van der Waals surface area contributed by atoms with Crippen molar-refractivity contribution in [1.82, 2.24) is 20.3 Å². The Kier molecular flexibility index (Phi) is 9.84. The van der Waals surface area contributed by atoms with E-state index in [0.717, 1.165) is 0 Å². The summed E-state index contributed by atoms with van der Waals surface area (Å²) >= 11 is 0. The second-order valence-electron chi connectivity index (χ2n) is 8.44. The van der Waals surface area contributed by atoms with E-state index in [9.17, 15) is 24.5 Å². The second-order valence-corrected chi connectivity index (χ2v) is 8.44. The average Bonchev–Trinajstić information content (AvgIpc) is 3.00. The van der Waals surface area contributed by atoms with Crippen LogP contribution < -0.4 is 21.3 Å². The lowest BCUT2D eigenvalue weighted by atomic mass is 10.0. The number of carbonyl (C=O) groups excluding carboxylic acids is 3. The van der Waals surface area contributed by atoms with E-state index in [2.05, 4.69) is 36.2 Å². The van der Waals surface area contributed by atoms with Crippen molar-refractivity contribution in [3.8, 4) is 0 Å². The summed E-state index contributed by atoms with van der Waals surface area (Å²) in [6.07, 6.45) is 5.80. The molecule has 4 amide bonds. The molecule has 15 nitrogen and oxygen atoms in total. The van der Waals surface area contributed by atoms with Gasteiger partial charge in [-0.25, -0.2) is 14.4 Å². The quantitative estimate of drug-likeness (QED) is 0.155. The summed E-state index contributed by atoms with van der Waals surface area (Å²) in [4.78, 5) is 60.7. The third-order valence-electron chi connectivity index (χ3n) is 5.53. The number of aromatic nitrogens is 3. The predicted molar refractivity (Wildman–Crippen MR) is 150 cm³/mol. The highest BCUT2D eigenvalue weighted by molar-refractivity contribution is 5.89. The molecule has 214 valence electrons. The third-order valence-corrected chi connectivity index (χ3v) is 5.53. The molecule has 15 heteroatoms. The fraction of sp³-hybridized carbons (Fsp3) is 0.111. The molecule has 0 aliphatic carbocycles. The van der Waals surface area contributed by atoms with Crippen LogP contribution in [0.3, 0.4) is 0 Å². The van der Waals surface area contributed by atoms with E-state index in [1.165, 1.54) is 73.6 Å². The number of urea groups is 1. The average molecular weight is 573 g/mol. The molecule has 4 rings (SSSR count). The minimum Gasteiger partial charge on any atom is -0.447 e. The number of ether oxygens (including phenoxy) is 2. The Morgan fingerprint density at radius 1 is 0.714 bits per heavy atom. The van der Waals surface area contributed by atoms with E-state index in [0.29, 0.717) is 17.1 Å². The number of anilines is 3. The molecule has 0 aliphatic heterocycles. The monoisotopic (exact) mass is 572 g/mol. The fourth-order valence-electron chi connectivity index (χ4n) is 3.60. The normalized spacial score (nSPS) is 11.7. The lowest BCUT2D eigenvalue weighted by Crippen LogP contribution is -2.46. The number of hydrogen-bond acceptors (Lipinski definition) is 10. The molecule has 0 spiro atoms. The lowest BCUT2D eigenvalue weighted by molar-refractivity contribution is -0.384. The number of hydrogen-bond donors (Lipinski definition) is 4. The molecule has 0 unspecified atom stereocenters. The van der Waals surface area contributed by atoms with Gasteiger partial charge < -0.3 is 20.1 Å². The Morgan fingerprint density at radius 2 is 1.19 bits per heavy atom. The van der Waals surface area contributed by atoms with Gasteiger partial charge in [-0.3, -0.25) is 35.7 Å². The van der Waals surface area contributed by atoms with E-state index in [1.807, 2.05) is 0 Å². The molecule has 3 aromatic heterocycles. The molecular weight excluding hydrogens is 548 g/mol. The van der Waals surface area contributed by atoms with Gasteiger partial charge in [0.05, 0.1) is 4.92 Å². The number of non-ortho nitro benzene ring substituents is 1. The molecule has 4 N–H and O–H groups in total. The first-order chi connectivity index (χ1) is 20.4. The fourth-order valence-corrected chi connectivity index (χ4v) is 3.60. The van der Waals surface area contributed by atoms with Gasteiger partial charge in [-0.05, 0) is 54.1 Å². The molecule has 0 aliphatic rings. The van der Waals surface area contributed by atoms with Crippen LogP contribution in [0.5, 0.6) is 0 Å². The number of pyridine rings is 3. The number of rotatable bonds is 10. The van der Waals surface area contributed by atoms with Crippen LogP contribution in [0.1, 0.15) is 11.7 Å². The Labute approximate surface area is 238 Å². The minimum atomic E-state index is -1.27. The summed E-state index contributed by atoms with van der Waals surface area (Å²) in [6, 6.07) is 12.6. The van der Waals surface area contributed by atoms with Crippen molar-refractivity contribution in [3.05, 3.63) is 114 Å². The standard InChI is InChI=1S/C27H24N8O7/c36-25(31-19-5-11-28-12-6-19)34-23(17-41-26(37)32-20-7-13-29-14-8-20)24(18-1-3-22(4-2-18)35(39)40)42-27(38)33-21-9-15-30-16-10-21/h1-16,23-24H,17H2,(H,29,32,37)(H,30,33,38)(H2,28,31,34,36)/t23-,24+/m0/s1. The largest absolute Gasteiger partial charge is 0.447 e. The minimum absolute atomic E-state index is 0.202. The molecule has 0 radical (unpaired) electrons. The summed E-state index contributed by atoms with van der Waals surface area (Å²) in [6.45, 7) is -0.467. The van der Waals surface area contributed by atoms with Crippen molar-refractivity contribution >= 4 is 41.0 Å². The highest BCUT2D eigenvalue weighted by Crippen LogP contribution is 2.26. The molecule has 3 heterocycles. The number of nitrogens with one attached hydrogen (secondary N) is 4. The van der Waals surface area contributed by atoms with Crippen molar-refractivity contribution in [3.63, 3.8) is 0 Å². The van der Waals surface area contributed by atoms with Crippen molar-refractivity contribution in [2.75, 3.05) is 22.6 Å². The third kappa shape index (κ3) is 8.70. The van der Waals surface area contributed by atoms with Gasteiger partial charge in [0.15, 0.2) is 6.10 Å². The maximum absolute atomic E-state index is 13.0. The highest BCUT2D eigenvalue weighted by Gasteiger charge is 2.31. The molecule has 2 atom stereocenters. The van der Waals surface area contributed by atoms with E-state index in [4.69, 9.17) is 9.47 Å². The Hall–Kier alpha value is -6.12. The maximum atomic E-state index is 13.0. The summed E-state index contributed by atoms with van der Waals surface area (Å²) in [5.41, 5.74) is 1.28. The summed E-state index contributed by atoms with van der Waals surface area (Å²) < 4.78 is 11.1. The van der Waals surface area contributed by atoms with E-state index < -0.39 is 41.9 Å². The van der Waals surface area contributed by atoms with Crippen LogP contribution in [0.15, 0.2) is 97.8 Å². The summed E-state index contributed by atoms with van der Waals surface area (Å²) in [7, 11) is 0. The molecular formula is C27H24N8O7. The second kappa shape index (κ2) is 14.3. The van der Waals surface area contributed by atoms with Crippen molar-refractivity contribution in [2.24, 2.45) is 0 Å². The first-order valence-corrected chi connectivity index (χ1v) is 12.3. The van der Waals surface area contributed by atoms with Gasteiger partial charge in [0.25, 0.3) is 5.69 Å². The summed E-state index contributed by atoms with van der Waals surface area (Å²) in [5.74, 6) is 0. The molecule has 0 saturated heterocycles. The number of nitro groups is 1. The first kappa shape index (κ1) is 28.9. The zero-order chi connectivity index (χ0) is 29.7. The van der Waals surface area contributed by atoms with E-state index >= 15 is 0 Å². The number of nitrogens with zero attached hydrogens (tertiary/aromatic N) is 4. The topological polar surface area (TPSA) is 200 Å². The number of nitro benzene ring substituents is 1. The van der Waals surface area contributed by atoms with Crippen LogP contribution in [0.2, 0.25) is 0 Å². The van der Waals surface area contributed by atoms with Gasteiger partial charge in [0, 0.05) is 66.4 Å². The zero-order valence-corrected chi connectivity index (χ0v) is 21.7. The van der Waals surface area contributed by atoms with Crippen LogP contribution in [-0.4, -0.2) is 50.7 Å². The molecule has 1 aromatic carbocycles. The van der Waals surface area contributed by atoms with Gasteiger partial charge in [-0.1, -0.05) is 0 Å². The predicted octanol–water partition coefficient (Wildman–Crippen LogP) is 4.51. The van der Waals surface area contributed by atoms with E-state index in [-0.39, 0.29) is 11.3 Å². The molecule has 0 bridgehead atoms. The Bertz CT molecular complexity index is 1490. The maximum Gasteiger partial charge on any atom is 0.412 e. The van der Waals surface area contributed by atoms with Gasteiger partial charge in [0.1, 0.15) is 12.6 Å². The van der Waals surface area contributed by atoms with Crippen molar-refractivity contribution < 1.29 is 28.8 Å².